The van der Waals surface area contributed by atoms with Gasteiger partial charge in [0.1, 0.15) is 0 Å². The molecule has 0 radical (unpaired) electrons. The quantitative estimate of drug-likeness (QED) is 0.708. The van der Waals surface area contributed by atoms with Gasteiger partial charge in [-0.2, -0.15) is 0 Å². The number of urea groups is 1. The van der Waals surface area contributed by atoms with Gasteiger partial charge in [0.15, 0.2) is 0 Å². The second-order valence-corrected chi connectivity index (χ2v) is 9.16. The number of benzene rings is 1. The van der Waals surface area contributed by atoms with Crippen LogP contribution in [0.1, 0.15) is 38.2 Å². The number of allylic oxidation sites excluding steroid dienone is 3. The predicted octanol–water partition coefficient (Wildman–Crippen LogP) is 4.01. The van der Waals surface area contributed by atoms with Crippen molar-refractivity contribution >= 4 is 23.3 Å². The van der Waals surface area contributed by atoms with Gasteiger partial charge >= 0.3 is 6.03 Å². The van der Waals surface area contributed by atoms with E-state index in [0.717, 1.165) is 48.2 Å². The highest BCUT2D eigenvalue weighted by atomic mass is 16.2. The number of fused-ring (bicyclic) bond motifs is 1. The Morgan fingerprint density at radius 1 is 1.16 bits per heavy atom. The third kappa shape index (κ3) is 3.69. The van der Waals surface area contributed by atoms with Gasteiger partial charge < -0.3 is 10.6 Å². The molecule has 0 bridgehead atoms. The number of rotatable bonds is 5. The van der Waals surface area contributed by atoms with Crippen LogP contribution >= 0.6 is 0 Å². The lowest BCUT2D eigenvalue weighted by Gasteiger charge is -2.49. The summed E-state index contributed by atoms with van der Waals surface area (Å²) in [6.45, 7) is 7.01. The molecule has 2 N–H and O–H groups in total. The molecule has 2 heterocycles. The first-order valence-electron chi connectivity index (χ1n) is 11.0. The average molecular weight is 421 g/mol. The average Bonchev–Trinajstić information content (AvgIpc) is 3.27. The van der Waals surface area contributed by atoms with Crippen molar-refractivity contribution in [2.75, 3.05) is 30.9 Å². The van der Waals surface area contributed by atoms with Crippen LogP contribution < -0.4 is 15.5 Å². The Kier molecular flexibility index (Phi) is 5.52. The minimum atomic E-state index is -0.247. The molecule has 31 heavy (non-hydrogen) atoms. The monoisotopic (exact) mass is 420 g/mol. The Hall–Kier alpha value is -2.86. The molecule has 1 saturated heterocycles. The number of hydrogen-bond acceptors (Lipinski definition) is 3. The lowest BCUT2D eigenvalue weighted by molar-refractivity contribution is -0.115. The van der Waals surface area contributed by atoms with E-state index in [2.05, 4.69) is 42.3 Å². The van der Waals surface area contributed by atoms with Crippen molar-refractivity contribution in [3.8, 4) is 0 Å². The van der Waals surface area contributed by atoms with Gasteiger partial charge in [-0.3, -0.25) is 14.6 Å². The van der Waals surface area contributed by atoms with Crippen molar-refractivity contribution in [1.82, 2.24) is 10.2 Å². The van der Waals surface area contributed by atoms with Crippen molar-refractivity contribution in [1.29, 1.82) is 0 Å². The van der Waals surface area contributed by atoms with Crippen LogP contribution in [-0.4, -0.2) is 48.6 Å². The molecule has 0 atom stereocenters. The molecule has 2 aliphatic heterocycles. The molecule has 1 aromatic carbocycles. The number of amides is 3. The van der Waals surface area contributed by atoms with E-state index in [1.54, 1.807) is 0 Å². The molecule has 1 aliphatic carbocycles. The summed E-state index contributed by atoms with van der Waals surface area (Å²) >= 11 is 0. The van der Waals surface area contributed by atoms with Crippen molar-refractivity contribution in [2.45, 2.75) is 50.1 Å². The van der Waals surface area contributed by atoms with Gasteiger partial charge in [0.2, 0.25) is 5.91 Å². The van der Waals surface area contributed by atoms with Crippen LogP contribution in [-0.2, 0) is 11.2 Å². The van der Waals surface area contributed by atoms with Crippen LogP contribution in [0, 0.1) is 0 Å². The first kappa shape index (κ1) is 21.4. The lowest BCUT2D eigenvalue weighted by Crippen LogP contribution is -2.56. The highest BCUT2D eigenvalue weighted by molar-refractivity contribution is 6.04. The molecule has 1 saturated carbocycles. The molecular weight excluding hydrogens is 388 g/mol. The fraction of sp³-hybridized carbons (Fsp3) is 0.440. The molecular formula is C25H32N4O2. The molecule has 1 spiro atoms. The smallest absolute Gasteiger partial charge is 0.322 e. The van der Waals surface area contributed by atoms with Crippen LogP contribution in [0.4, 0.5) is 16.2 Å². The van der Waals surface area contributed by atoms with Gasteiger partial charge in [0.05, 0.1) is 24.2 Å². The maximum atomic E-state index is 13.0. The fourth-order valence-corrected chi connectivity index (χ4v) is 5.31. The molecule has 3 aliphatic rings. The summed E-state index contributed by atoms with van der Waals surface area (Å²) in [5.41, 5.74) is 3.33. The van der Waals surface area contributed by atoms with Gasteiger partial charge in [-0.25, -0.2) is 4.79 Å². The molecule has 2 fully saturated rings. The Labute approximate surface area is 184 Å². The van der Waals surface area contributed by atoms with Gasteiger partial charge in [-0.15, -0.1) is 0 Å². The summed E-state index contributed by atoms with van der Waals surface area (Å²) in [7, 11) is 4.23. The maximum absolute atomic E-state index is 13.0. The second kappa shape index (κ2) is 8.00. The van der Waals surface area contributed by atoms with Crippen molar-refractivity contribution in [3.63, 3.8) is 0 Å². The lowest BCUT2D eigenvalue weighted by atomic mass is 9.68. The number of anilines is 2. The summed E-state index contributed by atoms with van der Waals surface area (Å²) in [6, 6.07) is 5.67. The van der Waals surface area contributed by atoms with Crippen molar-refractivity contribution < 1.29 is 9.59 Å². The van der Waals surface area contributed by atoms with Gasteiger partial charge in [0.25, 0.3) is 0 Å². The van der Waals surface area contributed by atoms with E-state index in [-0.39, 0.29) is 23.0 Å². The van der Waals surface area contributed by atoms with Crippen LogP contribution in [0.15, 0.2) is 54.7 Å². The van der Waals surface area contributed by atoms with Crippen molar-refractivity contribution in [2.24, 2.45) is 0 Å². The zero-order chi connectivity index (χ0) is 22.2. The zero-order valence-electron chi connectivity index (χ0n) is 18.7. The minimum Gasteiger partial charge on any atom is -0.330 e. The number of hydrogen-bond donors (Lipinski definition) is 2. The molecule has 6 nitrogen and oxygen atoms in total. The first-order chi connectivity index (χ1) is 14.8. The van der Waals surface area contributed by atoms with E-state index < -0.39 is 0 Å². The molecule has 164 valence electrons. The van der Waals surface area contributed by atoms with Crippen LogP contribution in [0.5, 0.6) is 0 Å². The van der Waals surface area contributed by atoms with E-state index in [0.29, 0.717) is 13.0 Å². The maximum Gasteiger partial charge on any atom is 0.322 e. The number of likely N-dealkylation sites (N-methyl/N-ethyl adjacent to an activating group) is 1. The third-order valence-electron chi connectivity index (χ3n) is 7.22. The van der Waals surface area contributed by atoms with Crippen LogP contribution in [0.25, 0.3) is 0 Å². The molecule has 0 aromatic heterocycles. The topological polar surface area (TPSA) is 64.7 Å². The predicted molar refractivity (Wildman–Crippen MR) is 125 cm³/mol. The van der Waals surface area contributed by atoms with E-state index in [1.807, 2.05) is 48.3 Å². The summed E-state index contributed by atoms with van der Waals surface area (Å²) in [6.07, 6.45) is 12.1. The zero-order valence-corrected chi connectivity index (χ0v) is 18.7. The number of nitrogens with one attached hydrogen (secondary N) is 2. The number of carbonyl (C=O) groups is 2. The molecule has 0 unspecified atom stereocenters. The van der Waals surface area contributed by atoms with Gasteiger partial charge in [0, 0.05) is 16.8 Å². The molecule has 1 aromatic rings. The summed E-state index contributed by atoms with van der Waals surface area (Å²) in [5, 5.41) is 6.17. The Balaban J connectivity index is 1.53. The first-order valence-corrected chi connectivity index (χ1v) is 11.0. The molecule has 4 rings (SSSR count). The fourth-order valence-electron chi connectivity index (χ4n) is 5.31. The van der Waals surface area contributed by atoms with E-state index in [1.165, 1.54) is 0 Å². The normalized spacial score (nSPS) is 28.1. The van der Waals surface area contributed by atoms with E-state index in [4.69, 9.17) is 0 Å². The Morgan fingerprint density at radius 3 is 2.58 bits per heavy atom. The second-order valence-electron chi connectivity index (χ2n) is 9.16. The molecule has 3 amide bonds. The Bertz CT molecular complexity index is 968. The number of carbonyl (C=O) groups excluding carboxylic acids is 2. The third-order valence-corrected chi connectivity index (χ3v) is 7.22. The molecule has 6 heteroatoms. The van der Waals surface area contributed by atoms with Crippen molar-refractivity contribution in [3.05, 3.63) is 60.2 Å². The SMILES string of the molecule is C=C(/C=C\C=C/C)C1(N(C)C)CCC2(CC1)CN(c1cccc3c1CC(=O)N3)C(=O)N2. The summed E-state index contributed by atoms with van der Waals surface area (Å²) in [5.74, 6) is -0.0188. The minimum absolute atomic E-state index is 0.0188. The number of nitrogens with zero attached hydrogens (tertiary/aromatic N) is 2. The highest BCUT2D eigenvalue weighted by Gasteiger charge is 2.50. The summed E-state index contributed by atoms with van der Waals surface area (Å²) < 4.78 is 0. The summed E-state index contributed by atoms with van der Waals surface area (Å²) in [4.78, 5) is 29.0. The van der Waals surface area contributed by atoms with E-state index in [9.17, 15) is 9.59 Å². The standard InChI is InChI=1S/C25H32N4O2/c1-5-6-7-9-18(2)25(28(3)4)14-12-24(13-15-25)17-29(23(31)27-24)21-11-8-10-20-19(21)16-22(30)26-20/h5-11H,2,12-17H2,1,3-4H3,(H,26,30)(H,27,31)/b6-5-,9-7-. The highest BCUT2D eigenvalue weighted by Crippen LogP contribution is 2.45. The Morgan fingerprint density at radius 2 is 1.90 bits per heavy atom. The van der Waals surface area contributed by atoms with Crippen LogP contribution in [0.3, 0.4) is 0 Å². The van der Waals surface area contributed by atoms with E-state index >= 15 is 0 Å². The van der Waals surface area contributed by atoms with Crippen LogP contribution in [0.2, 0.25) is 0 Å². The largest absolute Gasteiger partial charge is 0.330 e. The van der Waals surface area contributed by atoms with Gasteiger partial charge in [-0.1, -0.05) is 36.9 Å². The van der Waals surface area contributed by atoms with Gasteiger partial charge in [-0.05, 0) is 64.4 Å².